The first-order chi connectivity index (χ1) is 14.1. The van der Waals surface area contributed by atoms with Crippen molar-refractivity contribution < 1.29 is 13.5 Å². The monoisotopic (exact) mass is 415 g/mol. The second-order valence-corrected chi connectivity index (χ2v) is 7.22. The highest BCUT2D eigenvalue weighted by molar-refractivity contribution is 7.71. The third-order valence-electron chi connectivity index (χ3n) is 4.83. The van der Waals surface area contributed by atoms with Gasteiger partial charge in [-0.25, -0.2) is 9.07 Å². The van der Waals surface area contributed by atoms with Gasteiger partial charge in [0.15, 0.2) is 6.10 Å². The van der Waals surface area contributed by atoms with E-state index >= 15 is 0 Å². The quantitative estimate of drug-likeness (QED) is 0.570. The number of pyridine rings is 1. The number of benzene rings is 1. The Morgan fingerprint density at radius 3 is 2.48 bits per heavy atom. The molecule has 1 aliphatic rings. The van der Waals surface area contributed by atoms with Gasteiger partial charge < -0.3 is 14.1 Å². The van der Waals surface area contributed by atoms with E-state index < -0.39 is 6.10 Å². The summed E-state index contributed by atoms with van der Waals surface area (Å²) in [5, 5.41) is 4.48. The molecule has 9 heteroatoms. The fraction of sp³-hybridized carbons (Fsp3) is 0.350. The van der Waals surface area contributed by atoms with Crippen LogP contribution < -0.4 is 9.64 Å². The van der Waals surface area contributed by atoms with Crippen LogP contribution in [0.25, 0.3) is 0 Å². The van der Waals surface area contributed by atoms with Crippen molar-refractivity contribution in [3.8, 4) is 5.75 Å². The molecule has 3 heterocycles. The normalized spacial score (nSPS) is 16.0. The van der Waals surface area contributed by atoms with Crippen molar-refractivity contribution in [3.63, 3.8) is 0 Å². The smallest absolute Gasteiger partial charge is 0.288 e. The summed E-state index contributed by atoms with van der Waals surface area (Å²) in [6, 6.07) is 9.89. The first-order valence-corrected chi connectivity index (χ1v) is 9.87. The van der Waals surface area contributed by atoms with Crippen molar-refractivity contribution in [2.75, 3.05) is 31.1 Å². The molecule has 0 amide bonds. The molecule has 2 aromatic heterocycles. The van der Waals surface area contributed by atoms with Crippen LogP contribution in [0.1, 0.15) is 18.9 Å². The van der Waals surface area contributed by atoms with Gasteiger partial charge in [-0.2, -0.15) is 0 Å². The minimum atomic E-state index is -0.438. The predicted octanol–water partition coefficient (Wildman–Crippen LogP) is 3.66. The third kappa shape index (κ3) is 4.80. The molecule has 152 valence electrons. The second kappa shape index (κ2) is 8.71. The Bertz CT molecular complexity index is 984. The minimum absolute atomic E-state index is 0.309. The van der Waals surface area contributed by atoms with E-state index in [1.807, 2.05) is 31.5 Å². The molecule has 0 spiro atoms. The lowest BCUT2D eigenvalue weighted by Crippen LogP contribution is -2.47. The zero-order valence-electron chi connectivity index (χ0n) is 16.1. The first kappa shape index (κ1) is 19.5. The third-order valence-corrected chi connectivity index (χ3v) is 5.12. The average Bonchev–Trinajstić information content (AvgIpc) is 3.11. The van der Waals surface area contributed by atoms with Crippen LogP contribution in [0, 0.1) is 10.7 Å². The molecule has 29 heavy (non-hydrogen) atoms. The zero-order valence-corrected chi connectivity index (χ0v) is 16.9. The maximum Gasteiger partial charge on any atom is 0.288 e. The van der Waals surface area contributed by atoms with Crippen molar-refractivity contribution >= 4 is 17.9 Å². The van der Waals surface area contributed by atoms with Crippen LogP contribution in [0.3, 0.4) is 0 Å². The second-order valence-electron chi connectivity index (χ2n) is 6.87. The molecule has 4 rings (SSSR count). The summed E-state index contributed by atoms with van der Waals surface area (Å²) in [6.45, 7) is 6.03. The SMILES string of the molecule is C[C@H](Oc1ccc(F)cc1)c1nn(CN2CCN(c3ccncc3)CC2)c(=S)o1. The van der Waals surface area contributed by atoms with Crippen molar-refractivity contribution in [2.24, 2.45) is 0 Å². The van der Waals surface area contributed by atoms with Gasteiger partial charge in [-0.15, -0.1) is 5.10 Å². The topological polar surface area (TPSA) is 59.6 Å². The molecule has 0 N–H and O–H groups in total. The van der Waals surface area contributed by atoms with Gasteiger partial charge >= 0.3 is 0 Å². The molecule has 0 aliphatic carbocycles. The summed E-state index contributed by atoms with van der Waals surface area (Å²) in [5.41, 5.74) is 1.19. The standard InChI is InChI=1S/C20H22FN5O2S/c1-15(27-18-4-2-16(21)3-5-18)19-23-26(20(29)28-19)14-24-10-12-25(13-11-24)17-6-8-22-9-7-17/h2-9,15H,10-14H2,1H3/t15-/m0/s1. The van der Waals surface area contributed by atoms with Crippen LogP contribution >= 0.6 is 12.2 Å². The molecular weight excluding hydrogens is 393 g/mol. The lowest BCUT2D eigenvalue weighted by Gasteiger charge is -2.35. The highest BCUT2D eigenvalue weighted by Gasteiger charge is 2.20. The molecular formula is C20H22FN5O2S. The molecule has 0 unspecified atom stereocenters. The van der Waals surface area contributed by atoms with Crippen molar-refractivity contribution in [1.29, 1.82) is 0 Å². The Hall–Kier alpha value is -2.78. The van der Waals surface area contributed by atoms with E-state index in [4.69, 9.17) is 21.4 Å². The van der Waals surface area contributed by atoms with Gasteiger partial charge in [0, 0.05) is 44.3 Å². The number of hydrogen-bond acceptors (Lipinski definition) is 7. The maximum atomic E-state index is 13.0. The van der Waals surface area contributed by atoms with Gasteiger partial charge in [-0.1, -0.05) is 0 Å². The highest BCUT2D eigenvalue weighted by atomic mass is 32.1. The van der Waals surface area contributed by atoms with Gasteiger partial charge in [0.2, 0.25) is 0 Å². The summed E-state index contributed by atoms with van der Waals surface area (Å²) in [5.74, 6) is 0.632. The zero-order chi connectivity index (χ0) is 20.2. The number of hydrogen-bond donors (Lipinski definition) is 0. The van der Waals surface area contributed by atoms with Crippen LogP contribution in [0.15, 0.2) is 53.2 Å². The molecule has 1 aromatic carbocycles. The van der Waals surface area contributed by atoms with Crippen LogP contribution in [-0.4, -0.2) is 45.8 Å². The lowest BCUT2D eigenvalue weighted by atomic mass is 10.3. The molecule has 7 nitrogen and oxygen atoms in total. The van der Waals surface area contributed by atoms with E-state index in [0.717, 1.165) is 26.2 Å². The van der Waals surface area contributed by atoms with Crippen LogP contribution in [0.4, 0.5) is 10.1 Å². The number of anilines is 1. The molecule has 0 radical (unpaired) electrons. The Morgan fingerprint density at radius 1 is 1.10 bits per heavy atom. The minimum Gasteiger partial charge on any atom is -0.481 e. The van der Waals surface area contributed by atoms with Gasteiger partial charge in [0.05, 0.1) is 6.67 Å². The highest BCUT2D eigenvalue weighted by Crippen LogP contribution is 2.21. The molecule has 1 aliphatic heterocycles. The Balaban J connectivity index is 1.35. The number of ether oxygens (including phenoxy) is 1. The van der Waals surface area contributed by atoms with Gasteiger partial charge in [0.25, 0.3) is 10.7 Å². The first-order valence-electron chi connectivity index (χ1n) is 9.46. The van der Waals surface area contributed by atoms with Crippen LogP contribution in [0.2, 0.25) is 0 Å². The van der Waals surface area contributed by atoms with E-state index in [2.05, 4.69) is 19.9 Å². The summed E-state index contributed by atoms with van der Waals surface area (Å²) in [4.78, 5) is 9.00. The number of halogens is 1. The Labute approximate surface area is 173 Å². The number of nitrogens with zero attached hydrogens (tertiary/aromatic N) is 5. The molecule has 1 fully saturated rings. The summed E-state index contributed by atoms with van der Waals surface area (Å²) < 4.78 is 26.1. The van der Waals surface area contributed by atoms with E-state index in [1.165, 1.54) is 17.8 Å². The summed E-state index contributed by atoms with van der Waals surface area (Å²) in [7, 11) is 0. The summed E-state index contributed by atoms with van der Waals surface area (Å²) in [6.07, 6.45) is 3.19. The van der Waals surface area contributed by atoms with E-state index in [-0.39, 0.29) is 5.82 Å². The van der Waals surface area contributed by atoms with Crippen molar-refractivity contribution in [1.82, 2.24) is 19.7 Å². The van der Waals surface area contributed by atoms with E-state index in [9.17, 15) is 4.39 Å². The maximum absolute atomic E-state index is 13.0. The predicted molar refractivity (Wildman–Crippen MR) is 109 cm³/mol. The molecule has 1 atom stereocenters. The van der Waals surface area contributed by atoms with Crippen molar-refractivity contribution in [2.45, 2.75) is 19.7 Å². The van der Waals surface area contributed by atoms with Crippen LogP contribution in [0.5, 0.6) is 5.75 Å². The Kier molecular flexibility index (Phi) is 5.86. The fourth-order valence-electron chi connectivity index (χ4n) is 3.24. The number of rotatable bonds is 6. The van der Waals surface area contributed by atoms with E-state index in [1.54, 1.807) is 16.8 Å². The molecule has 0 saturated carbocycles. The van der Waals surface area contributed by atoms with Crippen molar-refractivity contribution in [3.05, 3.63) is 65.3 Å². The number of piperazine rings is 1. The van der Waals surface area contributed by atoms with E-state index in [0.29, 0.717) is 23.1 Å². The van der Waals surface area contributed by atoms with Gasteiger partial charge in [-0.05, 0) is 55.5 Å². The molecule has 1 saturated heterocycles. The average molecular weight is 415 g/mol. The Morgan fingerprint density at radius 2 is 1.79 bits per heavy atom. The lowest BCUT2D eigenvalue weighted by molar-refractivity contribution is 0.185. The largest absolute Gasteiger partial charge is 0.481 e. The van der Waals surface area contributed by atoms with Gasteiger partial charge in [0.1, 0.15) is 11.6 Å². The number of aromatic nitrogens is 3. The summed E-state index contributed by atoms with van der Waals surface area (Å²) >= 11 is 5.33. The molecule has 0 bridgehead atoms. The molecule has 3 aromatic rings. The fourth-order valence-corrected chi connectivity index (χ4v) is 3.42. The van der Waals surface area contributed by atoms with Gasteiger partial charge in [-0.3, -0.25) is 9.88 Å². The van der Waals surface area contributed by atoms with Crippen LogP contribution in [-0.2, 0) is 6.67 Å².